The van der Waals surface area contributed by atoms with Gasteiger partial charge in [0.05, 0.1) is 11.5 Å². The van der Waals surface area contributed by atoms with Gasteiger partial charge in [-0.1, -0.05) is 67.6 Å². The molecule has 7 nitrogen and oxygen atoms in total. The number of nitrogens with one attached hydrogen (secondary N) is 2. The van der Waals surface area contributed by atoms with Crippen LogP contribution < -0.4 is 10.6 Å². The molecule has 35 heavy (non-hydrogen) atoms. The molecule has 2 amide bonds. The van der Waals surface area contributed by atoms with Crippen molar-refractivity contribution in [3.05, 3.63) is 71.8 Å². The molecule has 0 radical (unpaired) electrons. The molecule has 2 aliphatic carbocycles. The number of fused-ring (bicyclic) bond motifs is 3. The van der Waals surface area contributed by atoms with Gasteiger partial charge in [-0.25, -0.2) is 4.79 Å². The average Bonchev–Trinajstić information content (AvgIpc) is 3.19. The van der Waals surface area contributed by atoms with Crippen LogP contribution in [-0.2, 0) is 14.3 Å². The maximum absolute atomic E-state index is 12.7. The maximum Gasteiger partial charge on any atom is 0.407 e. The molecule has 0 aromatic heterocycles. The summed E-state index contributed by atoms with van der Waals surface area (Å²) >= 11 is 0. The lowest BCUT2D eigenvalue weighted by atomic mass is 9.86. The van der Waals surface area contributed by atoms with Gasteiger partial charge >= 0.3 is 12.1 Å². The molecule has 0 fully saturated rings. The predicted octanol–water partition coefficient (Wildman–Crippen LogP) is 4.48. The topological polar surface area (TPSA) is 105 Å². The average molecular weight is 477 g/mol. The van der Waals surface area contributed by atoms with Gasteiger partial charge in [-0.2, -0.15) is 0 Å². The lowest BCUT2D eigenvalue weighted by Gasteiger charge is -2.27. The van der Waals surface area contributed by atoms with E-state index in [1.165, 1.54) is 11.1 Å². The zero-order valence-corrected chi connectivity index (χ0v) is 20.1. The summed E-state index contributed by atoms with van der Waals surface area (Å²) in [6, 6.07) is 16.0. The number of ether oxygens (including phenoxy) is 1. The minimum atomic E-state index is -1.00. The number of carbonyl (C=O) groups is 3. The number of rotatable bonds is 8. The first-order chi connectivity index (χ1) is 16.8. The number of carbonyl (C=O) groups excluding carboxylic acids is 2. The van der Waals surface area contributed by atoms with Crippen molar-refractivity contribution in [2.75, 3.05) is 13.2 Å². The van der Waals surface area contributed by atoms with Gasteiger partial charge < -0.3 is 20.5 Å². The molecule has 2 aliphatic rings. The summed E-state index contributed by atoms with van der Waals surface area (Å²) in [5.41, 5.74) is 3.64. The van der Waals surface area contributed by atoms with Crippen molar-refractivity contribution in [3.8, 4) is 11.1 Å². The number of hydrogen-bond donors (Lipinski definition) is 3. The van der Waals surface area contributed by atoms with Crippen LogP contribution in [0.25, 0.3) is 11.1 Å². The molecule has 2 aromatic carbocycles. The third-order valence-electron chi connectivity index (χ3n) is 7.29. The van der Waals surface area contributed by atoms with E-state index in [0.717, 1.165) is 11.1 Å². The van der Waals surface area contributed by atoms with Crippen LogP contribution in [0.1, 0.15) is 50.2 Å². The molecule has 184 valence electrons. The molecular formula is C28H32N2O5. The summed E-state index contributed by atoms with van der Waals surface area (Å²) in [4.78, 5) is 36.8. The molecule has 0 saturated carbocycles. The third-order valence-corrected chi connectivity index (χ3v) is 7.29. The number of carboxylic acids is 1. The fraction of sp³-hybridized carbons (Fsp3) is 0.393. The number of carboxylic acid groups (broad SMARTS) is 1. The van der Waals surface area contributed by atoms with E-state index >= 15 is 0 Å². The molecule has 4 rings (SSSR count). The molecule has 3 N–H and O–H groups in total. The highest BCUT2D eigenvalue weighted by Gasteiger charge is 2.33. The number of alkyl carbamates (subject to hydrolysis) is 1. The highest BCUT2D eigenvalue weighted by atomic mass is 16.5. The fourth-order valence-corrected chi connectivity index (χ4v) is 4.78. The SMILES string of the molecule is CCC(C)(CNC(=O)C1CC=CC(NC(=O)OCC2c3ccccc3-c3ccccc32)C1)C(=O)O. The number of allylic oxidation sites excluding steroid dienone is 1. The van der Waals surface area contributed by atoms with Crippen LogP contribution in [0.4, 0.5) is 4.79 Å². The van der Waals surface area contributed by atoms with Crippen LogP contribution in [0.2, 0.25) is 0 Å². The standard InChI is InChI=1S/C28H32N2O5/c1-3-28(2,26(32)33)17-29-25(31)18-9-8-10-19(15-18)30-27(34)35-16-24-22-13-6-4-11-20(22)21-12-5-7-14-23(21)24/h4-8,10-14,18-19,24H,3,9,15-17H2,1-2H3,(H,29,31)(H,30,34)(H,32,33). The number of amides is 2. The summed E-state index contributed by atoms with van der Waals surface area (Å²) in [6.07, 6.45) is 4.62. The number of hydrogen-bond acceptors (Lipinski definition) is 4. The van der Waals surface area contributed by atoms with Crippen LogP contribution in [0.15, 0.2) is 60.7 Å². The normalized spacial score (nSPS) is 20.3. The van der Waals surface area contributed by atoms with Crippen LogP contribution in [-0.4, -0.2) is 42.3 Å². The first kappa shape index (κ1) is 24.5. The number of aliphatic carboxylic acids is 1. The number of benzene rings is 2. The van der Waals surface area contributed by atoms with Crippen molar-refractivity contribution in [2.45, 2.75) is 45.1 Å². The molecule has 0 saturated heterocycles. The van der Waals surface area contributed by atoms with Crippen molar-refractivity contribution in [3.63, 3.8) is 0 Å². The molecule has 7 heteroatoms. The Morgan fingerprint density at radius 3 is 2.29 bits per heavy atom. The Labute approximate surface area is 205 Å². The highest BCUT2D eigenvalue weighted by molar-refractivity contribution is 5.81. The van der Waals surface area contributed by atoms with Gasteiger partial charge in [-0.05, 0) is 48.4 Å². The Kier molecular flexibility index (Phi) is 7.24. The molecule has 3 unspecified atom stereocenters. The Bertz CT molecular complexity index is 1100. The quantitative estimate of drug-likeness (QED) is 0.488. The Morgan fingerprint density at radius 1 is 1.06 bits per heavy atom. The summed E-state index contributed by atoms with van der Waals surface area (Å²) < 4.78 is 5.62. The van der Waals surface area contributed by atoms with E-state index in [1.807, 2.05) is 36.4 Å². The van der Waals surface area contributed by atoms with E-state index in [-0.39, 0.29) is 36.9 Å². The minimum absolute atomic E-state index is 0.0179. The first-order valence-electron chi connectivity index (χ1n) is 12.1. The Hall–Kier alpha value is -3.61. The van der Waals surface area contributed by atoms with E-state index in [4.69, 9.17) is 4.74 Å². The van der Waals surface area contributed by atoms with Gasteiger partial charge in [-0.15, -0.1) is 0 Å². The van der Waals surface area contributed by atoms with Gasteiger partial charge in [0.25, 0.3) is 0 Å². The van der Waals surface area contributed by atoms with Gasteiger partial charge in [-0.3, -0.25) is 9.59 Å². The highest BCUT2D eigenvalue weighted by Crippen LogP contribution is 2.44. The lowest BCUT2D eigenvalue weighted by molar-refractivity contribution is -0.148. The van der Waals surface area contributed by atoms with Gasteiger partial charge in [0.1, 0.15) is 6.61 Å². The summed E-state index contributed by atoms with van der Waals surface area (Å²) in [5, 5.41) is 15.0. The summed E-state index contributed by atoms with van der Waals surface area (Å²) in [6.45, 7) is 3.71. The molecule has 2 aromatic rings. The second-order valence-corrected chi connectivity index (χ2v) is 9.61. The molecule has 0 aliphatic heterocycles. The zero-order chi connectivity index (χ0) is 25.0. The molecule has 3 atom stereocenters. The van der Waals surface area contributed by atoms with E-state index < -0.39 is 17.5 Å². The third kappa shape index (κ3) is 5.24. The van der Waals surface area contributed by atoms with Crippen molar-refractivity contribution in [1.82, 2.24) is 10.6 Å². The molecule has 0 heterocycles. The van der Waals surface area contributed by atoms with Gasteiger partial charge in [0.2, 0.25) is 5.91 Å². The first-order valence-corrected chi connectivity index (χ1v) is 12.1. The van der Waals surface area contributed by atoms with Crippen molar-refractivity contribution in [1.29, 1.82) is 0 Å². The van der Waals surface area contributed by atoms with E-state index in [1.54, 1.807) is 13.8 Å². The molecule has 0 spiro atoms. The van der Waals surface area contributed by atoms with E-state index in [0.29, 0.717) is 19.3 Å². The van der Waals surface area contributed by atoms with Gasteiger partial charge in [0.15, 0.2) is 0 Å². The summed E-state index contributed by atoms with van der Waals surface area (Å²) in [5.74, 6) is -1.49. The fourth-order valence-electron chi connectivity index (χ4n) is 4.78. The lowest BCUT2D eigenvalue weighted by Crippen LogP contribution is -2.45. The van der Waals surface area contributed by atoms with Gasteiger partial charge in [0, 0.05) is 18.4 Å². The van der Waals surface area contributed by atoms with Crippen molar-refractivity contribution >= 4 is 18.0 Å². The zero-order valence-electron chi connectivity index (χ0n) is 20.1. The molecular weight excluding hydrogens is 444 g/mol. The molecule has 0 bridgehead atoms. The van der Waals surface area contributed by atoms with Crippen LogP contribution >= 0.6 is 0 Å². The van der Waals surface area contributed by atoms with E-state index in [2.05, 4.69) is 34.9 Å². The minimum Gasteiger partial charge on any atom is -0.481 e. The van der Waals surface area contributed by atoms with Crippen LogP contribution in [0.5, 0.6) is 0 Å². The smallest absolute Gasteiger partial charge is 0.407 e. The van der Waals surface area contributed by atoms with Crippen molar-refractivity contribution in [2.24, 2.45) is 11.3 Å². The Morgan fingerprint density at radius 2 is 1.69 bits per heavy atom. The summed E-state index contributed by atoms with van der Waals surface area (Å²) in [7, 11) is 0. The largest absolute Gasteiger partial charge is 0.481 e. The second-order valence-electron chi connectivity index (χ2n) is 9.61. The van der Waals surface area contributed by atoms with Crippen LogP contribution in [0, 0.1) is 11.3 Å². The van der Waals surface area contributed by atoms with Crippen LogP contribution in [0.3, 0.4) is 0 Å². The van der Waals surface area contributed by atoms with Crippen molar-refractivity contribution < 1.29 is 24.2 Å². The maximum atomic E-state index is 12.7. The predicted molar refractivity (Wildman–Crippen MR) is 133 cm³/mol. The Balaban J connectivity index is 1.31. The van der Waals surface area contributed by atoms with E-state index in [9.17, 15) is 19.5 Å². The second kappa shape index (κ2) is 10.3. The monoisotopic (exact) mass is 476 g/mol.